The van der Waals surface area contributed by atoms with E-state index in [0.717, 1.165) is 5.56 Å². The van der Waals surface area contributed by atoms with Crippen LogP contribution in [0.5, 0.6) is 0 Å². The Kier molecular flexibility index (Phi) is 4.61. The molecular weight excluding hydrogens is 360 g/mol. The summed E-state index contributed by atoms with van der Waals surface area (Å²) in [5.41, 5.74) is 0.329. The van der Waals surface area contributed by atoms with Crippen molar-refractivity contribution >= 4 is 40.5 Å². The molecule has 0 aliphatic carbocycles. The van der Waals surface area contributed by atoms with Crippen molar-refractivity contribution in [1.82, 2.24) is 20.1 Å². The van der Waals surface area contributed by atoms with E-state index in [4.69, 9.17) is 0 Å². The number of amides is 4. The fourth-order valence-corrected chi connectivity index (χ4v) is 4.08. The van der Waals surface area contributed by atoms with Crippen LogP contribution in [0.15, 0.2) is 22.2 Å². The Bertz CT molecular complexity index is 815. The molecule has 3 rings (SSSR count). The Balaban J connectivity index is 1.73. The lowest BCUT2D eigenvalue weighted by Crippen LogP contribution is -2.40. The van der Waals surface area contributed by atoms with Gasteiger partial charge in [-0.05, 0) is 29.3 Å². The van der Waals surface area contributed by atoms with Crippen molar-refractivity contribution in [2.45, 2.75) is 25.4 Å². The molecule has 25 heavy (non-hydrogen) atoms. The highest BCUT2D eigenvalue weighted by molar-refractivity contribution is 7.09. The van der Waals surface area contributed by atoms with E-state index in [-0.39, 0.29) is 24.8 Å². The lowest BCUT2D eigenvalue weighted by atomic mass is 9.95. The minimum Gasteiger partial charge on any atom is -0.348 e. The van der Waals surface area contributed by atoms with Gasteiger partial charge in [-0.2, -0.15) is 11.3 Å². The van der Waals surface area contributed by atoms with Gasteiger partial charge in [-0.25, -0.2) is 9.78 Å². The van der Waals surface area contributed by atoms with Crippen molar-refractivity contribution in [1.29, 1.82) is 0 Å². The first-order valence-corrected chi connectivity index (χ1v) is 9.43. The van der Waals surface area contributed by atoms with Gasteiger partial charge in [0.2, 0.25) is 5.91 Å². The van der Waals surface area contributed by atoms with Gasteiger partial charge in [-0.3, -0.25) is 14.5 Å². The third-order valence-corrected chi connectivity index (χ3v) is 5.68. The van der Waals surface area contributed by atoms with Crippen LogP contribution < -0.4 is 5.32 Å². The molecule has 3 heterocycles. The largest absolute Gasteiger partial charge is 0.348 e. The number of nitrogens with zero attached hydrogens (tertiary/aromatic N) is 3. The number of carbonyl (C=O) groups is 3. The number of rotatable bonds is 5. The SMILES string of the molecule is CN(C)C(=O)Cc1nc(CN2C(=O)NC(C)(c3ccsc3)C2=O)cs1. The van der Waals surface area contributed by atoms with Crippen LogP contribution in [-0.4, -0.2) is 46.7 Å². The molecule has 132 valence electrons. The van der Waals surface area contributed by atoms with Crippen LogP contribution in [0.2, 0.25) is 0 Å². The van der Waals surface area contributed by atoms with Crippen molar-refractivity contribution in [3.8, 4) is 0 Å². The van der Waals surface area contributed by atoms with Gasteiger partial charge in [-0.1, -0.05) is 0 Å². The summed E-state index contributed by atoms with van der Waals surface area (Å²) in [5, 5.41) is 8.94. The number of thiazole rings is 1. The van der Waals surface area contributed by atoms with E-state index in [1.54, 1.807) is 26.4 Å². The van der Waals surface area contributed by atoms with E-state index in [1.807, 2.05) is 16.8 Å². The third kappa shape index (κ3) is 3.29. The van der Waals surface area contributed by atoms with Gasteiger partial charge < -0.3 is 10.2 Å². The number of imide groups is 1. The molecule has 0 bridgehead atoms. The summed E-state index contributed by atoms with van der Waals surface area (Å²) in [4.78, 5) is 43.9. The third-order valence-electron chi connectivity index (χ3n) is 4.09. The average molecular weight is 378 g/mol. The maximum Gasteiger partial charge on any atom is 0.325 e. The molecule has 1 fully saturated rings. The highest BCUT2D eigenvalue weighted by Crippen LogP contribution is 2.31. The molecule has 4 amide bonds. The minimum atomic E-state index is -1.04. The molecule has 7 nitrogen and oxygen atoms in total. The maximum atomic E-state index is 12.8. The summed E-state index contributed by atoms with van der Waals surface area (Å²) >= 11 is 2.83. The van der Waals surface area contributed by atoms with Crippen molar-refractivity contribution in [2.75, 3.05) is 14.1 Å². The second-order valence-corrected chi connectivity index (χ2v) is 7.88. The molecule has 1 aliphatic rings. The zero-order valence-electron chi connectivity index (χ0n) is 14.1. The second kappa shape index (κ2) is 6.57. The molecule has 0 saturated carbocycles. The van der Waals surface area contributed by atoms with Crippen molar-refractivity contribution in [3.05, 3.63) is 38.5 Å². The molecule has 1 saturated heterocycles. The van der Waals surface area contributed by atoms with Crippen LogP contribution >= 0.6 is 22.7 Å². The van der Waals surface area contributed by atoms with Crippen molar-refractivity contribution in [3.63, 3.8) is 0 Å². The van der Waals surface area contributed by atoms with Crippen molar-refractivity contribution < 1.29 is 14.4 Å². The van der Waals surface area contributed by atoms with E-state index >= 15 is 0 Å². The van der Waals surface area contributed by atoms with Crippen LogP contribution in [0, 0.1) is 0 Å². The maximum absolute atomic E-state index is 12.8. The zero-order chi connectivity index (χ0) is 18.2. The molecule has 1 aliphatic heterocycles. The number of nitrogens with one attached hydrogen (secondary N) is 1. The Morgan fingerprint density at radius 3 is 2.76 bits per heavy atom. The normalized spacial score (nSPS) is 20.0. The Labute approximate surface area is 153 Å². The molecule has 9 heteroatoms. The number of carbonyl (C=O) groups excluding carboxylic acids is 3. The second-order valence-electron chi connectivity index (χ2n) is 6.16. The van der Waals surface area contributed by atoms with E-state index in [9.17, 15) is 14.4 Å². The monoisotopic (exact) mass is 378 g/mol. The summed E-state index contributed by atoms with van der Waals surface area (Å²) in [5.74, 6) is -0.337. The number of aromatic nitrogens is 1. The van der Waals surface area contributed by atoms with Crippen LogP contribution in [0.4, 0.5) is 4.79 Å². The zero-order valence-corrected chi connectivity index (χ0v) is 15.7. The standard InChI is InChI=1S/C16H18N4O3S2/c1-16(10-4-5-24-8-10)14(22)20(15(23)18-16)7-11-9-25-12(17-11)6-13(21)19(2)3/h4-5,8-9H,6-7H2,1-3H3,(H,18,23). The average Bonchev–Trinajstić information content (AvgIpc) is 3.26. The lowest BCUT2D eigenvalue weighted by Gasteiger charge is -2.20. The molecule has 2 aromatic rings. The number of thiophene rings is 1. The summed E-state index contributed by atoms with van der Waals surface area (Å²) in [6, 6.07) is 1.40. The summed E-state index contributed by atoms with van der Waals surface area (Å²) in [7, 11) is 3.38. The predicted octanol–water partition coefficient (Wildman–Crippen LogP) is 1.80. The number of likely N-dealkylation sites (N-methyl/N-ethyl adjacent to an activating group) is 1. The highest BCUT2D eigenvalue weighted by Gasteiger charge is 2.49. The number of hydrogen-bond donors (Lipinski definition) is 1. The summed E-state index contributed by atoms with van der Waals surface area (Å²) < 4.78 is 0. The van der Waals surface area contributed by atoms with Gasteiger partial charge in [0.15, 0.2) is 0 Å². The van der Waals surface area contributed by atoms with Gasteiger partial charge in [0, 0.05) is 19.5 Å². The Morgan fingerprint density at radius 1 is 1.36 bits per heavy atom. The number of urea groups is 1. The molecular formula is C16H18N4O3S2. The predicted molar refractivity (Wildman–Crippen MR) is 95.3 cm³/mol. The van der Waals surface area contributed by atoms with Gasteiger partial charge in [0.25, 0.3) is 5.91 Å². The lowest BCUT2D eigenvalue weighted by molar-refractivity contribution is -0.131. The molecule has 1 N–H and O–H groups in total. The number of hydrogen-bond acceptors (Lipinski definition) is 6. The topological polar surface area (TPSA) is 82.6 Å². The van der Waals surface area contributed by atoms with E-state index in [0.29, 0.717) is 10.7 Å². The Morgan fingerprint density at radius 2 is 2.12 bits per heavy atom. The van der Waals surface area contributed by atoms with E-state index in [1.165, 1.54) is 32.5 Å². The van der Waals surface area contributed by atoms with Gasteiger partial charge in [0.05, 0.1) is 18.7 Å². The smallest absolute Gasteiger partial charge is 0.325 e. The first-order chi connectivity index (χ1) is 11.8. The van der Waals surface area contributed by atoms with Gasteiger partial charge in [-0.15, -0.1) is 11.3 Å². The molecule has 2 aromatic heterocycles. The Hall–Kier alpha value is -2.26. The summed E-state index contributed by atoms with van der Waals surface area (Å²) in [6.07, 6.45) is 0.213. The van der Waals surface area contributed by atoms with Gasteiger partial charge >= 0.3 is 6.03 Å². The molecule has 1 unspecified atom stereocenters. The minimum absolute atomic E-state index is 0.0408. The first kappa shape index (κ1) is 17.6. The summed E-state index contributed by atoms with van der Waals surface area (Å²) in [6.45, 7) is 1.80. The van der Waals surface area contributed by atoms with Crippen LogP contribution in [0.3, 0.4) is 0 Å². The highest BCUT2D eigenvalue weighted by atomic mass is 32.1. The quantitative estimate of drug-likeness (QED) is 0.805. The van der Waals surface area contributed by atoms with Crippen LogP contribution in [-0.2, 0) is 28.1 Å². The molecule has 0 spiro atoms. The van der Waals surface area contributed by atoms with E-state index < -0.39 is 11.6 Å². The van der Waals surface area contributed by atoms with Gasteiger partial charge in [0.1, 0.15) is 10.5 Å². The molecule has 0 aromatic carbocycles. The van der Waals surface area contributed by atoms with Crippen LogP contribution in [0.25, 0.3) is 0 Å². The van der Waals surface area contributed by atoms with Crippen molar-refractivity contribution in [2.24, 2.45) is 0 Å². The van der Waals surface area contributed by atoms with Crippen LogP contribution in [0.1, 0.15) is 23.2 Å². The molecule has 1 atom stereocenters. The first-order valence-electron chi connectivity index (χ1n) is 7.61. The fourth-order valence-electron chi connectivity index (χ4n) is 2.54. The van der Waals surface area contributed by atoms with E-state index in [2.05, 4.69) is 10.3 Å². The fraction of sp³-hybridized carbons (Fsp3) is 0.375. The molecule has 0 radical (unpaired) electrons.